The molecule has 1 fully saturated rings. The Morgan fingerprint density at radius 2 is 1.82 bits per heavy atom. The molecule has 2 aromatic carbocycles. The maximum absolute atomic E-state index is 12.3. The van der Waals surface area contributed by atoms with Gasteiger partial charge < -0.3 is 23.7 Å². The first kappa shape index (κ1) is 20.0. The summed E-state index contributed by atoms with van der Waals surface area (Å²) in [5.74, 6) is 1.57. The molecule has 6 nitrogen and oxygen atoms in total. The standard InChI is InChI=1S/C22H26O6/c1-15-11-20(24-2)21(25-3)12-17(15)13-28-22(23)16-6-8-18(9-7-16)27-14-19-5-4-10-26-19/h6-9,11-12,19H,4-5,10,13-14H2,1-3H3/t19-/m0/s1. The molecule has 1 aliphatic rings. The van der Waals surface area contributed by atoms with Gasteiger partial charge in [-0.3, -0.25) is 0 Å². The summed E-state index contributed by atoms with van der Waals surface area (Å²) < 4.78 is 27.3. The number of benzene rings is 2. The monoisotopic (exact) mass is 386 g/mol. The molecule has 28 heavy (non-hydrogen) atoms. The third kappa shape index (κ3) is 4.95. The van der Waals surface area contributed by atoms with Gasteiger partial charge in [-0.2, -0.15) is 0 Å². The third-order valence-electron chi connectivity index (χ3n) is 4.75. The molecular formula is C22H26O6. The van der Waals surface area contributed by atoms with E-state index < -0.39 is 0 Å². The number of carbonyl (C=O) groups excluding carboxylic acids is 1. The Morgan fingerprint density at radius 1 is 1.11 bits per heavy atom. The van der Waals surface area contributed by atoms with E-state index >= 15 is 0 Å². The van der Waals surface area contributed by atoms with Gasteiger partial charge in [-0.1, -0.05) is 0 Å². The molecule has 6 heteroatoms. The SMILES string of the molecule is COc1cc(C)c(COC(=O)c2ccc(OC[C@@H]3CCCO3)cc2)cc1OC. The van der Waals surface area contributed by atoms with Gasteiger partial charge in [-0.05, 0) is 67.3 Å². The number of aryl methyl sites for hydroxylation is 1. The molecule has 0 amide bonds. The van der Waals surface area contributed by atoms with Crippen LogP contribution in [0.1, 0.15) is 34.3 Å². The van der Waals surface area contributed by atoms with Gasteiger partial charge in [0.2, 0.25) is 0 Å². The summed E-state index contributed by atoms with van der Waals surface area (Å²) in [5.41, 5.74) is 2.30. The van der Waals surface area contributed by atoms with Gasteiger partial charge in [-0.15, -0.1) is 0 Å². The Kier molecular flexibility index (Phi) is 6.76. The van der Waals surface area contributed by atoms with Gasteiger partial charge in [0.25, 0.3) is 0 Å². The van der Waals surface area contributed by atoms with E-state index in [0.717, 1.165) is 30.6 Å². The van der Waals surface area contributed by atoms with Crippen LogP contribution >= 0.6 is 0 Å². The molecule has 0 saturated carbocycles. The predicted molar refractivity (Wildman–Crippen MR) is 104 cm³/mol. The number of carbonyl (C=O) groups is 1. The van der Waals surface area contributed by atoms with Gasteiger partial charge in [0.1, 0.15) is 19.0 Å². The zero-order chi connectivity index (χ0) is 19.9. The van der Waals surface area contributed by atoms with E-state index in [2.05, 4.69) is 0 Å². The molecule has 0 aliphatic carbocycles. The Hall–Kier alpha value is -2.73. The lowest BCUT2D eigenvalue weighted by Gasteiger charge is -2.13. The Balaban J connectivity index is 1.56. The highest BCUT2D eigenvalue weighted by atomic mass is 16.5. The van der Waals surface area contributed by atoms with E-state index in [9.17, 15) is 4.79 Å². The van der Waals surface area contributed by atoms with E-state index in [1.54, 1.807) is 38.5 Å². The van der Waals surface area contributed by atoms with Crippen LogP contribution in [-0.4, -0.2) is 39.5 Å². The van der Waals surface area contributed by atoms with Crippen molar-refractivity contribution in [2.75, 3.05) is 27.4 Å². The van der Waals surface area contributed by atoms with Crippen molar-refractivity contribution in [2.24, 2.45) is 0 Å². The predicted octanol–water partition coefficient (Wildman–Crippen LogP) is 3.93. The molecule has 1 aliphatic heterocycles. The summed E-state index contributed by atoms with van der Waals surface area (Å²) in [6, 6.07) is 10.6. The van der Waals surface area contributed by atoms with E-state index in [0.29, 0.717) is 29.4 Å². The maximum Gasteiger partial charge on any atom is 0.338 e. The van der Waals surface area contributed by atoms with Gasteiger partial charge in [0, 0.05) is 6.61 Å². The summed E-state index contributed by atoms with van der Waals surface area (Å²) in [5, 5.41) is 0. The Bertz CT molecular complexity index is 793. The third-order valence-corrected chi connectivity index (χ3v) is 4.75. The molecule has 0 radical (unpaired) electrons. The van der Waals surface area contributed by atoms with Crippen LogP contribution in [0.4, 0.5) is 0 Å². The van der Waals surface area contributed by atoms with Crippen LogP contribution in [0.5, 0.6) is 17.2 Å². The molecule has 1 heterocycles. The van der Waals surface area contributed by atoms with Crippen LogP contribution < -0.4 is 14.2 Å². The van der Waals surface area contributed by atoms with Crippen molar-refractivity contribution in [1.29, 1.82) is 0 Å². The fourth-order valence-electron chi connectivity index (χ4n) is 3.06. The molecule has 150 valence electrons. The van der Waals surface area contributed by atoms with E-state index in [1.807, 2.05) is 19.1 Å². The summed E-state index contributed by atoms with van der Waals surface area (Å²) >= 11 is 0. The summed E-state index contributed by atoms with van der Waals surface area (Å²) in [4.78, 5) is 12.3. The second kappa shape index (κ2) is 9.46. The Labute approximate surface area is 165 Å². The smallest absolute Gasteiger partial charge is 0.338 e. The molecule has 0 aromatic heterocycles. The lowest BCUT2D eigenvalue weighted by atomic mass is 10.1. The van der Waals surface area contributed by atoms with Crippen molar-refractivity contribution in [3.8, 4) is 17.2 Å². The molecule has 1 saturated heterocycles. The normalized spacial score (nSPS) is 15.9. The first-order chi connectivity index (χ1) is 13.6. The minimum Gasteiger partial charge on any atom is -0.493 e. The molecule has 0 N–H and O–H groups in total. The zero-order valence-electron chi connectivity index (χ0n) is 16.5. The molecular weight excluding hydrogens is 360 g/mol. The highest BCUT2D eigenvalue weighted by Gasteiger charge is 2.16. The molecule has 0 spiro atoms. The average Bonchev–Trinajstić information content (AvgIpc) is 3.25. The lowest BCUT2D eigenvalue weighted by Crippen LogP contribution is -2.16. The molecule has 1 atom stereocenters. The second-order valence-electron chi connectivity index (χ2n) is 6.68. The number of hydrogen-bond acceptors (Lipinski definition) is 6. The highest BCUT2D eigenvalue weighted by Crippen LogP contribution is 2.30. The fourth-order valence-corrected chi connectivity index (χ4v) is 3.06. The van der Waals surface area contributed by atoms with Crippen LogP contribution in [0.25, 0.3) is 0 Å². The highest BCUT2D eigenvalue weighted by molar-refractivity contribution is 5.89. The van der Waals surface area contributed by atoms with Gasteiger partial charge in [-0.25, -0.2) is 4.79 Å². The van der Waals surface area contributed by atoms with Crippen LogP contribution in [0.15, 0.2) is 36.4 Å². The van der Waals surface area contributed by atoms with E-state index in [-0.39, 0.29) is 18.7 Å². The van der Waals surface area contributed by atoms with Crippen LogP contribution in [0.3, 0.4) is 0 Å². The van der Waals surface area contributed by atoms with Crippen LogP contribution in [0.2, 0.25) is 0 Å². The number of ether oxygens (including phenoxy) is 5. The maximum atomic E-state index is 12.3. The number of rotatable bonds is 8. The topological polar surface area (TPSA) is 63.2 Å². The molecule has 3 rings (SSSR count). The second-order valence-corrected chi connectivity index (χ2v) is 6.68. The molecule has 2 aromatic rings. The summed E-state index contributed by atoms with van der Waals surface area (Å²) in [6.07, 6.45) is 2.27. The lowest BCUT2D eigenvalue weighted by molar-refractivity contribution is 0.0471. The van der Waals surface area contributed by atoms with Crippen molar-refractivity contribution < 1.29 is 28.5 Å². The average molecular weight is 386 g/mol. The van der Waals surface area contributed by atoms with Crippen molar-refractivity contribution in [3.63, 3.8) is 0 Å². The van der Waals surface area contributed by atoms with E-state index in [4.69, 9.17) is 23.7 Å². The number of hydrogen-bond donors (Lipinski definition) is 0. The van der Waals surface area contributed by atoms with Crippen molar-refractivity contribution in [2.45, 2.75) is 32.5 Å². The zero-order valence-corrected chi connectivity index (χ0v) is 16.5. The molecule has 0 bridgehead atoms. The van der Waals surface area contributed by atoms with Crippen LogP contribution in [-0.2, 0) is 16.1 Å². The van der Waals surface area contributed by atoms with Crippen molar-refractivity contribution in [1.82, 2.24) is 0 Å². The number of esters is 1. The van der Waals surface area contributed by atoms with Crippen molar-refractivity contribution in [3.05, 3.63) is 53.1 Å². The minimum absolute atomic E-state index is 0.155. The molecule has 0 unspecified atom stereocenters. The van der Waals surface area contributed by atoms with E-state index in [1.165, 1.54) is 0 Å². The quantitative estimate of drug-likeness (QED) is 0.641. The fraction of sp³-hybridized carbons (Fsp3) is 0.409. The Morgan fingerprint density at radius 3 is 2.46 bits per heavy atom. The number of methoxy groups -OCH3 is 2. The van der Waals surface area contributed by atoms with Crippen molar-refractivity contribution >= 4 is 5.97 Å². The van der Waals surface area contributed by atoms with Crippen LogP contribution in [0, 0.1) is 6.92 Å². The first-order valence-corrected chi connectivity index (χ1v) is 9.33. The van der Waals surface area contributed by atoms with Gasteiger partial charge in [0.05, 0.1) is 25.9 Å². The first-order valence-electron chi connectivity index (χ1n) is 9.33. The summed E-state index contributed by atoms with van der Waals surface area (Å²) in [6.45, 7) is 3.42. The summed E-state index contributed by atoms with van der Waals surface area (Å²) in [7, 11) is 3.16. The largest absolute Gasteiger partial charge is 0.493 e. The van der Waals surface area contributed by atoms with Gasteiger partial charge in [0.15, 0.2) is 11.5 Å². The minimum atomic E-state index is -0.389. The van der Waals surface area contributed by atoms with Gasteiger partial charge >= 0.3 is 5.97 Å².